The number of aromatic nitrogens is 1. The van der Waals surface area contributed by atoms with Crippen LogP contribution in [0.4, 0.5) is 0 Å². The summed E-state index contributed by atoms with van der Waals surface area (Å²) in [6.45, 7) is 2.94. The SMILES string of the molecule is CC(N)Cc1ccn(Cc2ccc(Br)cc2)c1. The molecule has 2 aromatic rings. The Balaban J connectivity index is 2.03. The first-order valence-corrected chi connectivity index (χ1v) is 6.57. The second-order valence-corrected chi connectivity index (χ2v) is 5.42. The number of nitrogens with zero attached hydrogens (tertiary/aromatic N) is 1. The van der Waals surface area contributed by atoms with Crippen LogP contribution in [-0.2, 0) is 13.0 Å². The van der Waals surface area contributed by atoms with Crippen LogP contribution in [0.15, 0.2) is 47.2 Å². The molecule has 90 valence electrons. The Kier molecular flexibility index (Phi) is 4.02. The van der Waals surface area contributed by atoms with Gasteiger partial charge in [0.15, 0.2) is 0 Å². The fourth-order valence-corrected chi connectivity index (χ4v) is 2.15. The Hall–Kier alpha value is -1.06. The molecule has 0 aliphatic carbocycles. The lowest BCUT2D eigenvalue weighted by Gasteiger charge is -2.04. The molecule has 1 unspecified atom stereocenters. The zero-order valence-electron chi connectivity index (χ0n) is 9.94. The fraction of sp³-hybridized carbons (Fsp3) is 0.286. The Morgan fingerprint density at radius 1 is 1.18 bits per heavy atom. The Bertz CT molecular complexity index is 471. The Morgan fingerprint density at radius 2 is 1.88 bits per heavy atom. The van der Waals surface area contributed by atoms with Gasteiger partial charge in [-0.3, -0.25) is 0 Å². The average Bonchev–Trinajstić information content (AvgIpc) is 2.68. The highest BCUT2D eigenvalue weighted by molar-refractivity contribution is 9.10. The van der Waals surface area contributed by atoms with E-state index in [1.54, 1.807) is 0 Å². The van der Waals surface area contributed by atoms with Gasteiger partial charge in [0.1, 0.15) is 0 Å². The molecule has 0 saturated carbocycles. The average molecular weight is 293 g/mol. The molecule has 17 heavy (non-hydrogen) atoms. The van der Waals surface area contributed by atoms with Gasteiger partial charge in [-0.05, 0) is 42.7 Å². The van der Waals surface area contributed by atoms with Gasteiger partial charge in [0, 0.05) is 29.5 Å². The highest BCUT2D eigenvalue weighted by Crippen LogP contribution is 2.12. The van der Waals surface area contributed by atoms with E-state index in [1.807, 2.05) is 6.92 Å². The fourth-order valence-electron chi connectivity index (χ4n) is 1.88. The summed E-state index contributed by atoms with van der Waals surface area (Å²) in [5.74, 6) is 0. The van der Waals surface area contributed by atoms with E-state index in [2.05, 4.69) is 63.2 Å². The standard InChI is InChI=1S/C14H17BrN2/c1-11(16)8-13-6-7-17(10-13)9-12-2-4-14(15)5-3-12/h2-7,10-11H,8-9,16H2,1H3. The molecule has 0 fully saturated rings. The van der Waals surface area contributed by atoms with Gasteiger partial charge in [-0.15, -0.1) is 0 Å². The quantitative estimate of drug-likeness (QED) is 0.922. The van der Waals surface area contributed by atoms with Gasteiger partial charge < -0.3 is 10.3 Å². The summed E-state index contributed by atoms with van der Waals surface area (Å²) in [6.07, 6.45) is 5.22. The molecule has 1 heterocycles. The number of hydrogen-bond acceptors (Lipinski definition) is 1. The van der Waals surface area contributed by atoms with E-state index in [-0.39, 0.29) is 6.04 Å². The molecule has 0 aliphatic rings. The molecule has 0 spiro atoms. The van der Waals surface area contributed by atoms with Crippen LogP contribution in [0.25, 0.3) is 0 Å². The lowest BCUT2D eigenvalue weighted by Crippen LogP contribution is -2.17. The maximum absolute atomic E-state index is 5.79. The molecule has 1 aromatic carbocycles. The molecule has 2 N–H and O–H groups in total. The summed E-state index contributed by atoms with van der Waals surface area (Å²) in [4.78, 5) is 0. The molecular formula is C14H17BrN2. The summed E-state index contributed by atoms with van der Waals surface area (Å²) in [7, 11) is 0. The van der Waals surface area contributed by atoms with Crippen molar-refractivity contribution in [3.63, 3.8) is 0 Å². The minimum Gasteiger partial charge on any atom is -0.350 e. The largest absolute Gasteiger partial charge is 0.350 e. The topological polar surface area (TPSA) is 30.9 Å². The number of rotatable bonds is 4. The molecule has 0 radical (unpaired) electrons. The van der Waals surface area contributed by atoms with Crippen molar-refractivity contribution in [3.05, 3.63) is 58.3 Å². The molecule has 2 nitrogen and oxygen atoms in total. The molecule has 3 heteroatoms. The van der Waals surface area contributed by atoms with Crippen molar-refractivity contribution in [1.82, 2.24) is 4.57 Å². The minimum atomic E-state index is 0.221. The van der Waals surface area contributed by atoms with Crippen LogP contribution in [0.2, 0.25) is 0 Å². The predicted molar refractivity (Wildman–Crippen MR) is 75.0 cm³/mol. The lowest BCUT2D eigenvalue weighted by atomic mass is 10.1. The van der Waals surface area contributed by atoms with Crippen LogP contribution in [0.1, 0.15) is 18.1 Å². The monoisotopic (exact) mass is 292 g/mol. The van der Waals surface area contributed by atoms with Crippen molar-refractivity contribution in [2.24, 2.45) is 5.73 Å². The summed E-state index contributed by atoms with van der Waals surface area (Å²) < 4.78 is 3.31. The van der Waals surface area contributed by atoms with Gasteiger partial charge >= 0.3 is 0 Å². The van der Waals surface area contributed by atoms with E-state index < -0.39 is 0 Å². The zero-order chi connectivity index (χ0) is 12.3. The molecule has 0 aliphatic heterocycles. The van der Waals surface area contributed by atoms with Crippen LogP contribution in [0.5, 0.6) is 0 Å². The normalized spacial score (nSPS) is 12.6. The van der Waals surface area contributed by atoms with E-state index >= 15 is 0 Å². The molecule has 1 atom stereocenters. The maximum atomic E-state index is 5.79. The molecule has 0 saturated heterocycles. The number of benzene rings is 1. The molecule has 0 bridgehead atoms. The molecule has 1 aromatic heterocycles. The summed E-state index contributed by atoms with van der Waals surface area (Å²) in [5.41, 5.74) is 8.39. The van der Waals surface area contributed by atoms with Gasteiger partial charge in [0.2, 0.25) is 0 Å². The van der Waals surface area contributed by atoms with Crippen molar-refractivity contribution in [2.75, 3.05) is 0 Å². The van der Waals surface area contributed by atoms with Crippen molar-refractivity contribution in [2.45, 2.75) is 25.9 Å². The van der Waals surface area contributed by atoms with E-state index in [9.17, 15) is 0 Å². The number of halogens is 1. The van der Waals surface area contributed by atoms with Crippen LogP contribution in [0, 0.1) is 0 Å². The van der Waals surface area contributed by atoms with Gasteiger partial charge in [-0.25, -0.2) is 0 Å². The van der Waals surface area contributed by atoms with Crippen molar-refractivity contribution < 1.29 is 0 Å². The first-order chi connectivity index (χ1) is 8.13. The second-order valence-electron chi connectivity index (χ2n) is 4.50. The van der Waals surface area contributed by atoms with E-state index in [1.165, 1.54) is 11.1 Å². The van der Waals surface area contributed by atoms with Crippen LogP contribution < -0.4 is 5.73 Å². The van der Waals surface area contributed by atoms with Crippen molar-refractivity contribution >= 4 is 15.9 Å². The number of nitrogens with two attached hydrogens (primary N) is 1. The molecule has 2 rings (SSSR count). The summed E-state index contributed by atoms with van der Waals surface area (Å²) in [5, 5.41) is 0. The highest BCUT2D eigenvalue weighted by atomic mass is 79.9. The minimum absolute atomic E-state index is 0.221. The third kappa shape index (κ3) is 3.72. The van der Waals surface area contributed by atoms with Crippen molar-refractivity contribution in [3.8, 4) is 0 Å². The van der Waals surface area contributed by atoms with E-state index in [0.29, 0.717) is 0 Å². The molecular weight excluding hydrogens is 276 g/mol. The first-order valence-electron chi connectivity index (χ1n) is 5.78. The van der Waals surface area contributed by atoms with Crippen LogP contribution in [-0.4, -0.2) is 10.6 Å². The number of hydrogen-bond donors (Lipinski definition) is 1. The third-order valence-corrected chi connectivity index (χ3v) is 3.18. The van der Waals surface area contributed by atoms with Crippen molar-refractivity contribution in [1.29, 1.82) is 0 Å². The van der Waals surface area contributed by atoms with Gasteiger partial charge in [0.05, 0.1) is 0 Å². The maximum Gasteiger partial charge on any atom is 0.0470 e. The molecule has 0 amide bonds. The predicted octanol–water partition coefficient (Wildman–Crippen LogP) is 3.19. The smallest absolute Gasteiger partial charge is 0.0470 e. The van der Waals surface area contributed by atoms with Gasteiger partial charge in [-0.1, -0.05) is 28.1 Å². The summed E-state index contributed by atoms with van der Waals surface area (Å²) >= 11 is 3.44. The Labute approximate surface area is 111 Å². The van der Waals surface area contributed by atoms with Gasteiger partial charge in [-0.2, -0.15) is 0 Å². The first kappa shape index (κ1) is 12.4. The summed E-state index contributed by atoms with van der Waals surface area (Å²) in [6, 6.07) is 10.8. The highest BCUT2D eigenvalue weighted by Gasteiger charge is 2.01. The zero-order valence-corrected chi connectivity index (χ0v) is 11.5. The van der Waals surface area contributed by atoms with Gasteiger partial charge in [0.25, 0.3) is 0 Å². The second kappa shape index (κ2) is 5.52. The van der Waals surface area contributed by atoms with E-state index in [4.69, 9.17) is 5.73 Å². The lowest BCUT2D eigenvalue weighted by molar-refractivity contribution is 0.732. The third-order valence-electron chi connectivity index (χ3n) is 2.65. The van der Waals surface area contributed by atoms with Crippen LogP contribution in [0.3, 0.4) is 0 Å². The Morgan fingerprint density at radius 3 is 2.53 bits per heavy atom. The van der Waals surface area contributed by atoms with Crippen LogP contribution >= 0.6 is 15.9 Å². The van der Waals surface area contributed by atoms with E-state index in [0.717, 1.165) is 17.4 Å².